The van der Waals surface area contributed by atoms with Crippen LogP contribution in [-0.4, -0.2) is 53.1 Å². The Morgan fingerprint density at radius 3 is 2.67 bits per heavy atom. The number of hydrogen-bond donors (Lipinski definition) is 1. The summed E-state index contributed by atoms with van der Waals surface area (Å²) in [5.74, 6) is -0.716. The second-order valence-corrected chi connectivity index (χ2v) is 6.19. The van der Waals surface area contributed by atoms with Gasteiger partial charge < -0.3 is 5.11 Å². The zero-order valence-corrected chi connectivity index (χ0v) is 12.7. The number of carbonyl (C=O) groups is 1. The van der Waals surface area contributed by atoms with Gasteiger partial charge in [-0.25, -0.2) is 0 Å². The molecule has 0 amide bonds. The number of benzene rings is 1. The van der Waals surface area contributed by atoms with Crippen molar-refractivity contribution in [2.45, 2.75) is 38.3 Å². The number of nitrogens with zero attached hydrogens (tertiary/aromatic N) is 2. The molecule has 1 fully saturated rings. The molecule has 4 heteroatoms. The predicted molar refractivity (Wildman–Crippen MR) is 82.4 cm³/mol. The average molecular weight is 288 g/mol. The summed E-state index contributed by atoms with van der Waals surface area (Å²) in [5, 5.41) is 9.12. The van der Waals surface area contributed by atoms with Crippen LogP contribution in [0.1, 0.15) is 36.9 Å². The van der Waals surface area contributed by atoms with E-state index in [9.17, 15) is 4.79 Å². The van der Waals surface area contributed by atoms with Gasteiger partial charge in [-0.15, -0.1) is 0 Å². The fraction of sp³-hybridized carbons (Fsp3) is 0.588. The Hall–Kier alpha value is -1.39. The van der Waals surface area contributed by atoms with Gasteiger partial charge in [0.05, 0.1) is 0 Å². The predicted octanol–water partition coefficient (Wildman–Crippen LogP) is 2.15. The summed E-state index contributed by atoms with van der Waals surface area (Å²) in [7, 11) is 0. The Morgan fingerprint density at radius 1 is 1.24 bits per heavy atom. The second kappa shape index (κ2) is 6.16. The van der Waals surface area contributed by atoms with E-state index in [0.717, 1.165) is 26.2 Å². The van der Waals surface area contributed by atoms with Crippen LogP contribution in [0.4, 0.5) is 0 Å². The van der Waals surface area contributed by atoms with E-state index in [1.807, 2.05) is 0 Å². The number of fused-ring (bicyclic) bond motifs is 1. The zero-order valence-electron chi connectivity index (χ0n) is 12.7. The molecule has 0 bridgehead atoms. The molecule has 2 atom stereocenters. The van der Waals surface area contributed by atoms with Crippen molar-refractivity contribution >= 4 is 5.97 Å². The third kappa shape index (κ3) is 2.97. The van der Waals surface area contributed by atoms with E-state index in [1.54, 1.807) is 6.92 Å². The zero-order chi connectivity index (χ0) is 14.8. The van der Waals surface area contributed by atoms with Crippen molar-refractivity contribution in [1.29, 1.82) is 0 Å². The normalized spacial score (nSPS) is 25.3. The molecule has 2 unspecified atom stereocenters. The molecule has 1 aliphatic heterocycles. The van der Waals surface area contributed by atoms with E-state index in [-0.39, 0.29) is 6.04 Å². The Labute approximate surface area is 126 Å². The lowest BCUT2D eigenvalue weighted by Crippen LogP contribution is -2.52. The van der Waals surface area contributed by atoms with E-state index in [2.05, 4.69) is 34.1 Å². The summed E-state index contributed by atoms with van der Waals surface area (Å²) in [4.78, 5) is 15.7. The van der Waals surface area contributed by atoms with Gasteiger partial charge in [0, 0.05) is 32.2 Å². The molecule has 21 heavy (non-hydrogen) atoms. The van der Waals surface area contributed by atoms with Crippen LogP contribution in [0.5, 0.6) is 0 Å². The van der Waals surface area contributed by atoms with E-state index >= 15 is 0 Å². The summed E-state index contributed by atoms with van der Waals surface area (Å²) in [6.45, 7) is 5.43. The SMILES string of the molecule is CC(C(=O)O)N1CCN(C2CCCc3ccccc32)CC1. The first-order valence-electron chi connectivity index (χ1n) is 7.95. The lowest BCUT2D eigenvalue weighted by atomic mass is 9.86. The van der Waals surface area contributed by atoms with Crippen LogP contribution >= 0.6 is 0 Å². The monoisotopic (exact) mass is 288 g/mol. The highest BCUT2D eigenvalue weighted by Gasteiger charge is 2.30. The number of aliphatic carboxylic acids is 1. The maximum atomic E-state index is 11.1. The van der Waals surface area contributed by atoms with Gasteiger partial charge in [0.25, 0.3) is 0 Å². The minimum atomic E-state index is -0.716. The van der Waals surface area contributed by atoms with Crippen LogP contribution in [0.15, 0.2) is 24.3 Å². The van der Waals surface area contributed by atoms with E-state index in [1.165, 1.54) is 30.4 Å². The van der Waals surface area contributed by atoms with Crippen LogP contribution in [0, 0.1) is 0 Å². The number of piperazine rings is 1. The van der Waals surface area contributed by atoms with Gasteiger partial charge in [0.2, 0.25) is 0 Å². The third-order valence-corrected chi connectivity index (χ3v) is 5.03. The minimum Gasteiger partial charge on any atom is -0.480 e. The maximum Gasteiger partial charge on any atom is 0.320 e. The molecule has 1 N–H and O–H groups in total. The molecular weight excluding hydrogens is 264 g/mol. The largest absolute Gasteiger partial charge is 0.480 e. The van der Waals surface area contributed by atoms with Crippen molar-refractivity contribution in [3.63, 3.8) is 0 Å². The number of carboxylic acid groups (broad SMARTS) is 1. The molecule has 1 saturated heterocycles. The first-order valence-corrected chi connectivity index (χ1v) is 7.95. The van der Waals surface area contributed by atoms with Gasteiger partial charge >= 0.3 is 5.97 Å². The van der Waals surface area contributed by atoms with Crippen LogP contribution in [0.2, 0.25) is 0 Å². The Morgan fingerprint density at radius 2 is 1.95 bits per heavy atom. The van der Waals surface area contributed by atoms with Crippen LogP contribution in [0.3, 0.4) is 0 Å². The lowest BCUT2D eigenvalue weighted by molar-refractivity contribution is -0.143. The number of rotatable bonds is 3. The Balaban J connectivity index is 1.67. The van der Waals surface area contributed by atoms with Crippen molar-refractivity contribution in [2.75, 3.05) is 26.2 Å². The van der Waals surface area contributed by atoms with Gasteiger partial charge in [0.1, 0.15) is 6.04 Å². The fourth-order valence-corrected chi connectivity index (χ4v) is 3.70. The lowest BCUT2D eigenvalue weighted by Gasteiger charge is -2.42. The quantitative estimate of drug-likeness (QED) is 0.925. The van der Waals surface area contributed by atoms with E-state index in [4.69, 9.17) is 5.11 Å². The van der Waals surface area contributed by atoms with Crippen molar-refractivity contribution in [3.8, 4) is 0 Å². The van der Waals surface area contributed by atoms with Gasteiger partial charge in [-0.05, 0) is 37.3 Å². The molecule has 1 aromatic rings. The fourth-order valence-electron chi connectivity index (χ4n) is 3.70. The summed E-state index contributed by atoms with van der Waals surface area (Å²) in [5.41, 5.74) is 2.98. The topological polar surface area (TPSA) is 43.8 Å². The molecule has 2 aliphatic rings. The molecule has 1 aromatic carbocycles. The van der Waals surface area contributed by atoms with E-state index < -0.39 is 5.97 Å². The molecular formula is C17H24N2O2. The first kappa shape index (κ1) is 14.5. The molecule has 0 saturated carbocycles. The molecule has 1 heterocycles. The van der Waals surface area contributed by atoms with Crippen molar-refractivity contribution < 1.29 is 9.90 Å². The van der Waals surface area contributed by atoms with Gasteiger partial charge in [-0.3, -0.25) is 14.6 Å². The van der Waals surface area contributed by atoms with Crippen molar-refractivity contribution in [2.24, 2.45) is 0 Å². The van der Waals surface area contributed by atoms with Gasteiger partial charge in [-0.2, -0.15) is 0 Å². The van der Waals surface area contributed by atoms with Gasteiger partial charge in [-0.1, -0.05) is 24.3 Å². The first-order chi connectivity index (χ1) is 10.2. The molecule has 1 aliphatic carbocycles. The molecule has 0 spiro atoms. The highest BCUT2D eigenvalue weighted by atomic mass is 16.4. The molecule has 0 radical (unpaired) electrons. The highest BCUT2D eigenvalue weighted by molar-refractivity contribution is 5.72. The van der Waals surface area contributed by atoms with Crippen LogP contribution in [-0.2, 0) is 11.2 Å². The summed E-state index contributed by atoms with van der Waals surface area (Å²) < 4.78 is 0. The molecule has 4 nitrogen and oxygen atoms in total. The smallest absolute Gasteiger partial charge is 0.320 e. The van der Waals surface area contributed by atoms with Crippen LogP contribution in [0.25, 0.3) is 0 Å². The van der Waals surface area contributed by atoms with Gasteiger partial charge in [0.15, 0.2) is 0 Å². The summed E-state index contributed by atoms with van der Waals surface area (Å²) in [6, 6.07) is 8.95. The third-order valence-electron chi connectivity index (χ3n) is 5.03. The number of carboxylic acids is 1. The summed E-state index contributed by atoms with van der Waals surface area (Å²) in [6.07, 6.45) is 3.68. The Bertz CT molecular complexity index is 509. The minimum absolute atomic E-state index is 0.370. The number of hydrogen-bond acceptors (Lipinski definition) is 3. The van der Waals surface area contributed by atoms with Crippen molar-refractivity contribution in [3.05, 3.63) is 35.4 Å². The maximum absolute atomic E-state index is 11.1. The molecule has 0 aromatic heterocycles. The van der Waals surface area contributed by atoms with E-state index in [0.29, 0.717) is 6.04 Å². The number of aryl methyl sites for hydroxylation is 1. The standard InChI is InChI=1S/C17H24N2O2/c1-13(17(20)21)18-9-11-19(12-10-18)16-8-4-6-14-5-2-3-7-15(14)16/h2-3,5,7,13,16H,4,6,8-12H2,1H3,(H,20,21). The van der Waals surface area contributed by atoms with Crippen molar-refractivity contribution in [1.82, 2.24) is 9.80 Å². The average Bonchev–Trinajstić information content (AvgIpc) is 2.53. The molecule has 3 rings (SSSR count). The highest BCUT2D eigenvalue weighted by Crippen LogP contribution is 2.34. The molecule has 114 valence electrons. The Kier molecular flexibility index (Phi) is 4.27. The van der Waals surface area contributed by atoms with Crippen LogP contribution < -0.4 is 0 Å². The summed E-state index contributed by atoms with van der Waals surface area (Å²) >= 11 is 0. The second-order valence-electron chi connectivity index (χ2n) is 6.19.